The minimum absolute atomic E-state index is 0.0782. The quantitative estimate of drug-likeness (QED) is 0.567. The van der Waals surface area contributed by atoms with Crippen molar-refractivity contribution in [1.29, 1.82) is 0 Å². The molecule has 0 atom stereocenters. The second kappa shape index (κ2) is 4.06. The molecule has 1 heterocycles. The Labute approximate surface area is 91.7 Å². The zero-order valence-corrected chi connectivity index (χ0v) is 8.52. The molecule has 5 nitrogen and oxygen atoms in total. The third kappa shape index (κ3) is 1.88. The molecule has 0 bridgehead atoms. The highest BCUT2D eigenvalue weighted by molar-refractivity contribution is 6.08. The van der Waals surface area contributed by atoms with Crippen molar-refractivity contribution in [1.82, 2.24) is 0 Å². The monoisotopic (exact) mass is 219 g/mol. The van der Waals surface area contributed by atoms with Gasteiger partial charge in [-0.2, -0.15) is 0 Å². The van der Waals surface area contributed by atoms with Crippen molar-refractivity contribution >= 4 is 17.6 Å². The summed E-state index contributed by atoms with van der Waals surface area (Å²) in [5.41, 5.74) is 0.578. The number of carbonyl (C=O) groups excluding carboxylic acids is 2. The fourth-order valence-corrected chi connectivity index (χ4v) is 1.27. The van der Waals surface area contributed by atoms with Crippen molar-refractivity contribution < 1.29 is 19.1 Å². The summed E-state index contributed by atoms with van der Waals surface area (Å²) in [5.74, 6) is -0.684. The molecule has 0 aliphatic carbocycles. The number of fused-ring (bicyclic) bond motifs is 1. The van der Waals surface area contributed by atoms with Crippen molar-refractivity contribution in [3.8, 4) is 5.75 Å². The van der Waals surface area contributed by atoms with Crippen LogP contribution < -0.4 is 10.1 Å². The van der Waals surface area contributed by atoms with Crippen molar-refractivity contribution in [3.05, 3.63) is 36.1 Å². The van der Waals surface area contributed by atoms with Gasteiger partial charge in [0.1, 0.15) is 0 Å². The van der Waals surface area contributed by atoms with E-state index in [0.717, 1.165) is 6.08 Å². The Morgan fingerprint density at radius 1 is 1.44 bits per heavy atom. The fraction of sp³-hybridized carbons (Fsp3) is 0.0909. The largest absolute Gasteiger partial charge is 0.466 e. The third-order valence-corrected chi connectivity index (χ3v) is 2.03. The molecule has 1 aromatic carbocycles. The number of para-hydroxylation sites is 2. The van der Waals surface area contributed by atoms with Crippen LogP contribution in [-0.4, -0.2) is 19.0 Å². The minimum Gasteiger partial charge on any atom is -0.466 e. The smallest absolute Gasteiger partial charge is 0.334 e. The molecule has 5 heteroatoms. The SMILES string of the molecule is COC(=O)C=C1Oc2ccccc2NC1=O. The van der Waals surface area contributed by atoms with Gasteiger partial charge in [0.25, 0.3) is 5.91 Å². The number of anilines is 1. The second-order valence-corrected chi connectivity index (χ2v) is 3.08. The van der Waals surface area contributed by atoms with E-state index in [1.165, 1.54) is 7.11 Å². The topological polar surface area (TPSA) is 64.6 Å². The van der Waals surface area contributed by atoms with Crippen LogP contribution in [0.3, 0.4) is 0 Å². The number of esters is 1. The average molecular weight is 219 g/mol. The van der Waals surface area contributed by atoms with Gasteiger partial charge in [-0.15, -0.1) is 0 Å². The lowest BCUT2D eigenvalue weighted by Gasteiger charge is -2.19. The number of methoxy groups -OCH3 is 1. The lowest BCUT2D eigenvalue weighted by atomic mass is 10.2. The van der Waals surface area contributed by atoms with E-state index in [9.17, 15) is 9.59 Å². The highest BCUT2D eigenvalue weighted by Gasteiger charge is 2.22. The lowest BCUT2D eigenvalue weighted by Crippen LogP contribution is -2.24. The van der Waals surface area contributed by atoms with Crippen LogP contribution in [0.15, 0.2) is 36.1 Å². The van der Waals surface area contributed by atoms with Crippen molar-refractivity contribution in [2.45, 2.75) is 0 Å². The summed E-state index contributed by atoms with van der Waals surface area (Å²) >= 11 is 0. The van der Waals surface area contributed by atoms with E-state index in [1.54, 1.807) is 24.3 Å². The molecule has 0 spiro atoms. The summed E-state index contributed by atoms with van der Waals surface area (Å²) in [7, 11) is 1.23. The highest BCUT2D eigenvalue weighted by Crippen LogP contribution is 2.29. The summed E-state index contributed by atoms with van der Waals surface area (Å²) in [6.07, 6.45) is 1.01. The Bertz CT molecular complexity index is 479. The number of carbonyl (C=O) groups is 2. The van der Waals surface area contributed by atoms with Gasteiger partial charge in [-0.25, -0.2) is 4.79 Å². The number of hydrogen-bond acceptors (Lipinski definition) is 4. The predicted molar refractivity (Wildman–Crippen MR) is 55.8 cm³/mol. The molecule has 2 rings (SSSR count). The Kier molecular flexibility index (Phi) is 2.59. The first kappa shape index (κ1) is 10.2. The zero-order valence-electron chi connectivity index (χ0n) is 8.52. The number of ether oxygens (including phenoxy) is 2. The highest BCUT2D eigenvalue weighted by atomic mass is 16.5. The van der Waals surface area contributed by atoms with E-state index in [2.05, 4.69) is 10.1 Å². The molecule has 16 heavy (non-hydrogen) atoms. The van der Waals surface area contributed by atoms with Gasteiger partial charge >= 0.3 is 5.97 Å². The number of hydrogen-bond donors (Lipinski definition) is 1. The van der Waals surface area contributed by atoms with Gasteiger partial charge in [0, 0.05) is 0 Å². The maximum absolute atomic E-state index is 11.5. The molecule has 1 aliphatic heterocycles. The summed E-state index contributed by atoms with van der Waals surface area (Å²) in [6.45, 7) is 0. The summed E-state index contributed by atoms with van der Waals surface area (Å²) < 4.78 is 9.68. The van der Waals surface area contributed by atoms with Crippen molar-refractivity contribution in [3.63, 3.8) is 0 Å². The standard InChI is InChI=1S/C11H9NO4/c1-15-10(13)6-9-11(14)12-7-4-2-3-5-8(7)16-9/h2-6H,1H3,(H,12,14). The van der Waals surface area contributed by atoms with Crippen LogP contribution in [0.25, 0.3) is 0 Å². The van der Waals surface area contributed by atoms with Crippen molar-refractivity contribution in [2.24, 2.45) is 0 Å². The molecule has 0 aromatic heterocycles. The maximum Gasteiger partial charge on any atom is 0.334 e. The fourth-order valence-electron chi connectivity index (χ4n) is 1.27. The van der Waals surface area contributed by atoms with Crippen LogP contribution in [0.1, 0.15) is 0 Å². The molecule has 82 valence electrons. The zero-order chi connectivity index (χ0) is 11.5. The minimum atomic E-state index is -0.635. The summed E-state index contributed by atoms with van der Waals surface area (Å²) in [4.78, 5) is 22.5. The molecule has 0 radical (unpaired) electrons. The van der Waals surface area contributed by atoms with E-state index in [1.807, 2.05) is 0 Å². The van der Waals surface area contributed by atoms with Gasteiger partial charge in [0.05, 0.1) is 18.9 Å². The van der Waals surface area contributed by atoms with Crippen LogP contribution in [-0.2, 0) is 14.3 Å². The molecule has 1 aromatic rings. The number of rotatable bonds is 1. The summed E-state index contributed by atoms with van der Waals surface area (Å²) in [6, 6.07) is 6.95. The van der Waals surface area contributed by atoms with Gasteiger partial charge in [-0.3, -0.25) is 4.79 Å². The summed E-state index contributed by atoms with van der Waals surface area (Å²) in [5, 5.41) is 2.60. The Balaban J connectivity index is 2.31. The third-order valence-electron chi connectivity index (χ3n) is 2.03. The molecule has 0 saturated heterocycles. The first-order valence-electron chi connectivity index (χ1n) is 4.58. The van der Waals surface area contributed by atoms with Crippen LogP contribution in [0.4, 0.5) is 5.69 Å². The van der Waals surface area contributed by atoms with E-state index in [4.69, 9.17) is 4.74 Å². The lowest BCUT2D eigenvalue weighted by molar-refractivity contribution is -0.135. The van der Waals surface area contributed by atoms with Gasteiger partial charge in [0.2, 0.25) is 0 Å². The Hall–Kier alpha value is -2.30. The number of nitrogens with one attached hydrogen (secondary N) is 1. The van der Waals surface area contributed by atoms with E-state index in [-0.39, 0.29) is 5.76 Å². The molecule has 1 aliphatic rings. The molecule has 0 fully saturated rings. The molecule has 0 unspecified atom stereocenters. The van der Waals surface area contributed by atoms with E-state index in [0.29, 0.717) is 11.4 Å². The first-order chi connectivity index (χ1) is 7.70. The second-order valence-electron chi connectivity index (χ2n) is 3.08. The molecule has 0 saturated carbocycles. The first-order valence-corrected chi connectivity index (χ1v) is 4.58. The maximum atomic E-state index is 11.5. The molecule has 1 amide bonds. The van der Waals surface area contributed by atoms with E-state index < -0.39 is 11.9 Å². The van der Waals surface area contributed by atoms with Crippen LogP contribution in [0, 0.1) is 0 Å². The predicted octanol–water partition coefficient (Wildman–Crippen LogP) is 1.07. The molecular formula is C11H9NO4. The van der Waals surface area contributed by atoms with Crippen LogP contribution in [0.2, 0.25) is 0 Å². The average Bonchev–Trinajstić information content (AvgIpc) is 2.30. The molecule has 1 N–H and O–H groups in total. The van der Waals surface area contributed by atoms with Gasteiger partial charge in [0.15, 0.2) is 11.5 Å². The van der Waals surface area contributed by atoms with Gasteiger partial charge in [-0.1, -0.05) is 12.1 Å². The van der Waals surface area contributed by atoms with E-state index >= 15 is 0 Å². The number of benzene rings is 1. The van der Waals surface area contributed by atoms with Gasteiger partial charge < -0.3 is 14.8 Å². The van der Waals surface area contributed by atoms with Crippen LogP contribution >= 0.6 is 0 Å². The van der Waals surface area contributed by atoms with Crippen LogP contribution in [0.5, 0.6) is 5.75 Å². The normalized spacial score (nSPS) is 16.1. The Morgan fingerprint density at radius 2 is 2.19 bits per heavy atom. The number of amides is 1. The molecular weight excluding hydrogens is 210 g/mol. The Morgan fingerprint density at radius 3 is 2.94 bits per heavy atom. The van der Waals surface area contributed by atoms with Crippen molar-refractivity contribution in [2.75, 3.05) is 12.4 Å². The van der Waals surface area contributed by atoms with Gasteiger partial charge in [-0.05, 0) is 12.1 Å².